The van der Waals surface area contributed by atoms with E-state index in [1.54, 1.807) is 0 Å². The lowest BCUT2D eigenvalue weighted by Crippen LogP contribution is -1.91. The third-order valence-electron chi connectivity index (χ3n) is 5.24. The monoisotopic (exact) mass is 403 g/mol. The van der Waals surface area contributed by atoms with Crippen LogP contribution in [0.3, 0.4) is 0 Å². The number of rotatable bonds is 6. The maximum absolute atomic E-state index is 4.41. The molecular formula is C29H41N. The van der Waals surface area contributed by atoms with E-state index in [9.17, 15) is 0 Å². The number of pyridine rings is 1. The van der Waals surface area contributed by atoms with Crippen LogP contribution in [-0.2, 0) is 38.5 Å². The SMILES string of the molecule is CCc1ccc(CC)cc1.CCc1cccc(CC)c1.CCc1cccc(CC)n1. The van der Waals surface area contributed by atoms with Crippen molar-refractivity contribution in [3.05, 3.63) is 100 Å². The minimum atomic E-state index is 1.04. The molecule has 0 aliphatic carbocycles. The molecule has 0 amide bonds. The Bertz CT molecular complexity index is 709. The quantitative estimate of drug-likeness (QED) is 0.408. The van der Waals surface area contributed by atoms with Gasteiger partial charge in [0, 0.05) is 11.4 Å². The normalized spacial score (nSPS) is 9.80. The summed E-state index contributed by atoms with van der Waals surface area (Å²) in [5.41, 5.74) is 8.13. The first-order chi connectivity index (χ1) is 14.6. The highest BCUT2D eigenvalue weighted by Gasteiger charge is 1.91. The first-order valence-corrected chi connectivity index (χ1v) is 11.7. The standard InChI is InChI=1S/2C10H14.C9H13N/c1-3-9-5-7-10(4-2)8-6-9;1-3-9-6-5-7-10(4-2)8-9;1-3-8-6-5-7-9(4-2)10-8/h2*5-8H,3-4H2,1-2H3;5-7H,3-4H2,1-2H3. The van der Waals surface area contributed by atoms with Gasteiger partial charge in [0.25, 0.3) is 0 Å². The zero-order chi connectivity index (χ0) is 22.2. The van der Waals surface area contributed by atoms with Crippen molar-refractivity contribution in [2.45, 2.75) is 80.1 Å². The molecule has 0 bridgehead atoms. The van der Waals surface area contributed by atoms with Gasteiger partial charge in [0.05, 0.1) is 0 Å². The van der Waals surface area contributed by atoms with Crippen molar-refractivity contribution in [3.8, 4) is 0 Å². The Kier molecular flexibility index (Phi) is 13.2. The lowest BCUT2D eigenvalue weighted by atomic mass is 10.1. The van der Waals surface area contributed by atoms with Crippen LogP contribution in [0.4, 0.5) is 0 Å². The lowest BCUT2D eigenvalue weighted by molar-refractivity contribution is 0.955. The summed E-state index contributed by atoms with van der Waals surface area (Å²) in [7, 11) is 0. The highest BCUT2D eigenvalue weighted by Crippen LogP contribution is 2.06. The highest BCUT2D eigenvalue weighted by molar-refractivity contribution is 5.23. The number of aromatic nitrogens is 1. The van der Waals surface area contributed by atoms with Gasteiger partial charge in [-0.05, 0) is 72.9 Å². The fourth-order valence-electron chi connectivity index (χ4n) is 3.00. The van der Waals surface area contributed by atoms with Crippen LogP contribution >= 0.6 is 0 Å². The van der Waals surface area contributed by atoms with E-state index in [-0.39, 0.29) is 0 Å². The predicted octanol–water partition coefficient (Wildman–Crippen LogP) is 7.83. The van der Waals surface area contributed by atoms with E-state index in [0.29, 0.717) is 0 Å². The van der Waals surface area contributed by atoms with Crippen molar-refractivity contribution >= 4 is 0 Å². The van der Waals surface area contributed by atoms with Gasteiger partial charge in [0.1, 0.15) is 0 Å². The van der Waals surface area contributed by atoms with Gasteiger partial charge in [-0.3, -0.25) is 4.98 Å². The van der Waals surface area contributed by atoms with Crippen molar-refractivity contribution in [2.75, 3.05) is 0 Å². The maximum Gasteiger partial charge on any atom is 0.0404 e. The molecule has 0 radical (unpaired) electrons. The topological polar surface area (TPSA) is 12.9 Å². The van der Waals surface area contributed by atoms with Gasteiger partial charge in [-0.1, -0.05) is 96.1 Å². The van der Waals surface area contributed by atoms with Gasteiger partial charge in [-0.15, -0.1) is 0 Å². The van der Waals surface area contributed by atoms with Crippen molar-refractivity contribution < 1.29 is 0 Å². The minimum absolute atomic E-state index is 1.04. The smallest absolute Gasteiger partial charge is 0.0404 e. The summed E-state index contributed by atoms with van der Waals surface area (Å²) in [6.07, 6.45) is 6.65. The third kappa shape index (κ3) is 9.87. The summed E-state index contributed by atoms with van der Waals surface area (Å²) in [5.74, 6) is 0. The van der Waals surface area contributed by atoms with Crippen LogP contribution in [0.25, 0.3) is 0 Å². The predicted molar refractivity (Wildman–Crippen MR) is 133 cm³/mol. The molecule has 1 heterocycles. The molecule has 1 heteroatoms. The Hall–Kier alpha value is -2.41. The molecule has 3 aromatic rings. The molecule has 3 rings (SSSR count). The Balaban J connectivity index is 0.000000225. The van der Waals surface area contributed by atoms with E-state index in [0.717, 1.165) is 38.5 Å². The molecule has 30 heavy (non-hydrogen) atoms. The molecule has 0 aliphatic heterocycles. The van der Waals surface area contributed by atoms with Crippen LogP contribution in [0, 0.1) is 0 Å². The Morgan fingerprint density at radius 2 is 0.800 bits per heavy atom. The first kappa shape index (κ1) is 25.6. The van der Waals surface area contributed by atoms with Crippen molar-refractivity contribution in [1.29, 1.82) is 0 Å². The summed E-state index contributed by atoms with van der Waals surface area (Å²) >= 11 is 0. The summed E-state index contributed by atoms with van der Waals surface area (Å²) in [6, 6.07) is 23.8. The molecule has 0 aliphatic rings. The van der Waals surface area contributed by atoms with Gasteiger partial charge in [0.2, 0.25) is 0 Å². The Morgan fingerprint density at radius 1 is 0.433 bits per heavy atom. The summed E-state index contributed by atoms with van der Waals surface area (Å²) < 4.78 is 0. The van der Waals surface area contributed by atoms with Crippen LogP contribution < -0.4 is 0 Å². The van der Waals surface area contributed by atoms with Crippen LogP contribution in [0.15, 0.2) is 66.7 Å². The average Bonchev–Trinajstić information content (AvgIpc) is 2.84. The van der Waals surface area contributed by atoms with Crippen molar-refractivity contribution in [3.63, 3.8) is 0 Å². The second kappa shape index (κ2) is 15.4. The molecule has 0 N–H and O–H groups in total. The number of hydrogen-bond acceptors (Lipinski definition) is 1. The fourth-order valence-corrected chi connectivity index (χ4v) is 3.00. The molecule has 0 fully saturated rings. The number of hydrogen-bond donors (Lipinski definition) is 0. The van der Waals surface area contributed by atoms with E-state index < -0.39 is 0 Å². The molecule has 0 atom stereocenters. The zero-order valence-corrected chi connectivity index (χ0v) is 20.0. The molecule has 162 valence electrons. The molecule has 0 saturated carbocycles. The molecule has 0 unspecified atom stereocenters. The second-order valence-corrected chi connectivity index (χ2v) is 7.38. The number of aryl methyl sites for hydroxylation is 6. The Labute approximate surface area is 185 Å². The van der Waals surface area contributed by atoms with Gasteiger partial charge in [-0.25, -0.2) is 0 Å². The van der Waals surface area contributed by atoms with E-state index >= 15 is 0 Å². The molecule has 1 nitrogen and oxygen atoms in total. The van der Waals surface area contributed by atoms with Crippen LogP contribution in [0.5, 0.6) is 0 Å². The second-order valence-electron chi connectivity index (χ2n) is 7.38. The molecule has 0 saturated heterocycles. The molecule has 0 spiro atoms. The Morgan fingerprint density at radius 3 is 1.13 bits per heavy atom. The van der Waals surface area contributed by atoms with E-state index in [4.69, 9.17) is 0 Å². The average molecular weight is 404 g/mol. The summed E-state index contributed by atoms with van der Waals surface area (Å²) in [6.45, 7) is 13.0. The van der Waals surface area contributed by atoms with Crippen LogP contribution in [0.2, 0.25) is 0 Å². The fraction of sp³-hybridized carbons (Fsp3) is 0.414. The van der Waals surface area contributed by atoms with Crippen molar-refractivity contribution in [1.82, 2.24) is 4.98 Å². The molecule has 1 aromatic heterocycles. The van der Waals surface area contributed by atoms with E-state index in [1.165, 1.54) is 33.6 Å². The van der Waals surface area contributed by atoms with E-state index in [1.807, 2.05) is 0 Å². The maximum atomic E-state index is 4.41. The van der Waals surface area contributed by atoms with Gasteiger partial charge in [-0.2, -0.15) is 0 Å². The minimum Gasteiger partial charge on any atom is -0.258 e. The molecular weight excluding hydrogens is 362 g/mol. The number of nitrogens with zero attached hydrogens (tertiary/aromatic N) is 1. The van der Waals surface area contributed by atoms with Gasteiger partial charge >= 0.3 is 0 Å². The van der Waals surface area contributed by atoms with Crippen LogP contribution in [-0.4, -0.2) is 4.98 Å². The van der Waals surface area contributed by atoms with Gasteiger partial charge in [0.15, 0.2) is 0 Å². The number of benzene rings is 2. The lowest BCUT2D eigenvalue weighted by Gasteiger charge is -1.98. The zero-order valence-electron chi connectivity index (χ0n) is 20.0. The summed E-state index contributed by atoms with van der Waals surface area (Å²) in [4.78, 5) is 4.41. The summed E-state index contributed by atoms with van der Waals surface area (Å²) in [5, 5.41) is 0. The van der Waals surface area contributed by atoms with E-state index in [2.05, 4.69) is 113 Å². The largest absolute Gasteiger partial charge is 0.258 e. The highest BCUT2D eigenvalue weighted by atomic mass is 14.7. The third-order valence-corrected chi connectivity index (χ3v) is 5.24. The van der Waals surface area contributed by atoms with Gasteiger partial charge < -0.3 is 0 Å². The van der Waals surface area contributed by atoms with Crippen molar-refractivity contribution in [2.24, 2.45) is 0 Å². The van der Waals surface area contributed by atoms with Crippen LogP contribution in [0.1, 0.15) is 75.2 Å². The molecule has 2 aromatic carbocycles. The first-order valence-electron chi connectivity index (χ1n) is 11.7.